The highest BCUT2D eigenvalue weighted by Crippen LogP contribution is 2.22. The molecule has 210 valence electrons. The zero-order valence-corrected chi connectivity index (χ0v) is 24.1. The van der Waals surface area contributed by atoms with E-state index in [-0.39, 0.29) is 12.0 Å². The predicted octanol–water partition coefficient (Wildman–Crippen LogP) is 6.25. The Bertz CT molecular complexity index is 1070. The van der Waals surface area contributed by atoms with Crippen LogP contribution in [0.2, 0.25) is 5.02 Å². The van der Waals surface area contributed by atoms with Crippen LogP contribution in [0.1, 0.15) is 84.8 Å². The van der Waals surface area contributed by atoms with Crippen molar-refractivity contribution in [2.45, 2.75) is 76.8 Å². The van der Waals surface area contributed by atoms with E-state index in [9.17, 15) is 19.6 Å². The van der Waals surface area contributed by atoms with E-state index in [4.69, 9.17) is 11.6 Å². The molecular weight excluding hydrogens is 510 g/mol. The summed E-state index contributed by atoms with van der Waals surface area (Å²) >= 11 is 5.98. The maximum absolute atomic E-state index is 11.7. The molecule has 0 fully saturated rings. The van der Waals surface area contributed by atoms with Gasteiger partial charge >= 0.3 is 0 Å². The van der Waals surface area contributed by atoms with Crippen LogP contribution in [0, 0.1) is 11.3 Å². The van der Waals surface area contributed by atoms with Crippen LogP contribution >= 0.6 is 11.6 Å². The molecule has 6 nitrogen and oxygen atoms in total. The summed E-state index contributed by atoms with van der Waals surface area (Å²) in [4.78, 5) is 38.3. The second-order valence-corrected chi connectivity index (χ2v) is 10.5. The van der Waals surface area contributed by atoms with Crippen LogP contribution < -0.4 is 0 Å². The summed E-state index contributed by atoms with van der Waals surface area (Å²) in [5.74, 6) is -0.126. The van der Waals surface area contributed by atoms with Crippen molar-refractivity contribution in [1.82, 2.24) is 9.80 Å². The molecule has 2 rings (SSSR count). The highest BCUT2D eigenvalue weighted by molar-refractivity contribution is 6.30. The molecule has 0 aliphatic rings. The summed E-state index contributed by atoms with van der Waals surface area (Å²) in [6.07, 6.45) is 9.46. The lowest BCUT2D eigenvalue weighted by Crippen LogP contribution is -2.33. The lowest BCUT2D eigenvalue weighted by molar-refractivity contribution is -0.113. The highest BCUT2D eigenvalue weighted by Gasteiger charge is 2.17. The highest BCUT2D eigenvalue weighted by atomic mass is 35.5. The Balaban J connectivity index is 1.81. The van der Waals surface area contributed by atoms with Gasteiger partial charge in [-0.2, -0.15) is 5.26 Å². The number of hydrogen-bond acceptors (Lipinski definition) is 6. The van der Waals surface area contributed by atoms with Crippen molar-refractivity contribution in [3.8, 4) is 6.07 Å². The number of aldehydes is 3. The molecular formula is C32H42ClN3O3. The fourth-order valence-electron chi connectivity index (χ4n) is 4.93. The fraction of sp³-hybridized carbons (Fsp3) is 0.500. The van der Waals surface area contributed by atoms with Crippen molar-refractivity contribution in [3.63, 3.8) is 0 Å². The van der Waals surface area contributed by atoms with Gasteiger partial charge in [-0.25, -0.2) is 0 Å². The molecule has 0 bridgehead atoms. The number of nitriles is 1. The van der Waals surface area contributed by atoms with Crippen LogP contribution in [0.3, 0.4) is 0 Å². The number of benzene rings is 2. The lowest BCUT2D eigenvalue weighted by atomic mass is 9.96. The van der Waals surface area contributed by atoms with E-state index in [0.29, 0.717) is 30.0 Å². The van der Waals surface area contributed by atoms with Crippen molar-refractivity contribution >= 4 is 30.5 Å². The Morgan fingerprint density at radius 3 is 2.36 bits per heavy atom. The second-order valence-electron chi connectivity index (χ2n) is 10.1. The molecule has 0 amide bonds. The normalized spacial score (nSPS) is 12.7. The third kappa shape index (κ3) is 11.0. The number of hydrogen-bond donors (Lipinski definition) is 0. The van der Waals surface area contributed by atoms with Gasteiger partial charge in [-0.3, -0.25) is 9.69 Å². The van der Waals surface area contributed by atoms with Gasteiger partial charge in [0, 0.05) is 23.6 Å². The molecule has 0 aliphatic carbocycles. The Morgan fingerprint density at radius 1 is 0.974 bits per heavy atom. The average molecular weight is 552 g/mol. The molecule has 0 aromatic heterocycles. The predicted molar refractivity (Wildman–Crippen MR) is 157 cm³/mol. The van der Waals surface area contributed by atoms with Crippen LogP contribution in [0.5, 0.6) is 0 Å². The topological polar surface area (TPSA) is 81.5 Å². The molecule has 1 unspecified atom stereocenters. The number of unbranched alkanes of at least 4 members (excludes halogenated alkanes) is 3. The van der Waals surface area contributed by atoms with E-state index in [0.717, 1.165) is 93.7 Å². The monoisotopic (exact) mass is 551 g/mol. The van der Waals surface area contributed by atoms with Gasteiger partial charge in [-0.15, -0.1) is 0 Å². The molecule has 0 radical (unpaired) electrons. The molecule has 0 spiro atoms. The summed E-state index contributed by atoms with van der Waals surface area (Å²) in [5.41, 5.74) is 3.79. The zero-order chi connectivity index (χ0) is 28.5. The van der Waals surface area contributed by atoms with E-state index >= 15 is 0 Å². The summed E-state index contributed by atoms with van der Waals surface area (Å²) in [5, 5.41) is 10.3. The number of halogens is 1. The quantitative estimate of drug-likeness (QED) is 0.143. The molecule has 0 saturated heterocycles. The largest absolute Gasteiger partial charge is 0.304 e. The molecule has 0 aliphatic heterocycles. The lowest BCUT2D eigenvalue weighted by Gasteiger charge is -2.25. The number of rotatable bonds is 20. The van der Waals surface area contributed by atoms with E-state index in [1.54, 1.807) is 0 Å². The van der Waals surface area contributed by atoms with Crippen molar-refractivity contribution < 1.29 is 14.4 Å². The van der Waals surface area contributed by atoms with E-state index < -0.39 is 0 Å². The van der Waals surface area contributed by atoms with Crippen molar-refractivity contribution in [2.75, 3.05) is 26.7 Å². The van der Waals surface area contributed by atoms with E-state index in [1.165, 1.54) is 0 Å². The van der Waals surface area contributed by atoms with Crippen LogP contribution in [-0.4, -0.2) is 61.4 Å². The number of carbonyl (C=O) groups excluding carboxylic acids is 3. The summed E-state index contributed by atoms with van der Waals surface area (Å²) in [7, 11) is 1.86. The van der Waals surface area contributed by atoms with Gasteiger partial charge in [0.1, 0.15) is 18.9 Å². The maximum Gasteiger partial charge on any atom is 0.150 e. The first-order valence-electron chi connectivity index (χ1n) is 14.0. The Kier molecular flexibility index (Phi) is 15.3. The minimum atomic E-state index is -0.348. The van der Waals surface area contributed by atoms with Gasteiger partial charge < -0.3 is 14.5 Å². The molecule has 0 N–H and O–H groups in total. The zero-order valence-electron chi connectivity index (χ0n) is 23.4. The molecule has 2 atom stereocenters. The van der Waals surface area contributed by atoms with Gasteiger partial charge in [0.15, 0.2) is 0 Å². The first-order valence-corrected chi connectivity index (χ1v) is 14.4. The van der Waals surface area contributed by atoms with Crippen LogP contribution in [0.15, 0.2) is 42.5 Å². The first kappa shape index (κ1) is 32.4. The third-order valence-electron chi connectivity index (χ3n) is 7.43. The van der Waals surface area contributed by atoms with Crippen LogP contribution in [-0.2, 0) is 22.6 Å². The minimum absolute atomic E-state index is 0.126. The Labute approximate surface area is 238 Å². The number of nitrogens with zero attached hydrogens (tertiary/aromatic N) is 3. The SMILES string of the molecule is CCN(CCCCCCc1cccc(C=O)c1CN(C)C(C=O)CCC=O)CC[C@H](C#N)c1ccc(Cl)cc1. The molecule has 2 aromatic rings. The van der Waals surface area contributed by atoms with Crippen molar-refractivity contribution in [3.05, 3.63) is 69.7 Å². The van der Waals surface area contributed by atoms with Gasteiger partial charge in [-0.05, 0) is 87.6 Å². The number of likely N-dealkylation sites (N-methyl/N-ethyl adjacent to an activating group) is 1. The summed E-state index contributed by atoms with van der Waals surface area (Å²) in [6.45, 7) is 5.53. The Hall–Kier alpha value is -2.85. The molecule has 2 aromatic carbocycles. The van der Waals surface area contributed by atoms with Crippen LogP contribution in [0.4, 0.5) is 0 Å². The van der Waals surface area contributed by atoms with Crippen molar-refractivity contribution in [2.24, 2.45) is 0 Å². The first-order chi connectivity index (χ1) is 19.0. The summed E-state index contributed by atoms with van der Waals surface area (Å²) < 4.78 is 0. The summed E-state index contributed by atoms with van der Waals surface area (Å²) in [6, 6.07) is 15.5. The Morgan fingerprint density at radius 2 is 1.72 bits per heavy atom. The van der Waals surface area contributed by atoms with Gasteiger partial charge in [0.2, 0.25) is 0 Å². The smallest absolute Gasteiger partial charge is 0.150 e. The fourth-order valence-corrected chi connectivity index (χ4v) is 5.06. The molecule has 0 saturated carbocycles. The van der Waals surface area contributed by atoms with Gasteiger partial charge in [0.05, 0.1) is 18.0 Å². The van der Waals surface area contributed by atoms with E-state index in [2.05, 4.69) is 24.0 Å². The third-order valence-corrected chi connectivity index (χ3v) is 7.68. The second kappa shape index (κ2) is 18.4. The van der Waals surface area contributed by atoms with E-state index in [1.807, 2.05) is 48.3 Å². The number of carbonyl (C=O) groups is 3. The molecule has 39 heavy (non-hydrogen) atoms. The standard InChI is InChI=1S/C32H42ClN3O3/c1-3-36(20-18-28(22-34)26-14-16-30(33)17-15-26)19-7-5-4-6-10-27-11-8-12-29(24-38)32(27)23-35(2)31(25-39)13-9-21-37/h8,11-12,14-17,21,24-25,28,31H,3-7,9-10,13,18-20,23H2,1-2H3/t28-,31?/m1/s1. The maximum atomic E-state index is 11.7. The van der Waals surface area contributed by atoms with Crippen LogP contribution in [0.25, 0.3) is 0 Å². The number of aryl methyl sites for hydroxylation is 1. The van der Waals surface area contributed by atoms with Gasteiger partial charge in [-0.1, -0.05) is 61.7 Å². The average Bonchev–Trinajstić information content (AvgIpc) is 2.95. The van der Waals surface area contributed by atoms with Gasteiger partial charge in [0.25, 0.3) is 0 Å². The molecule has 0 heterocycles. The van der Waals surface area contributed by atoms with Crippen molar-refractivity contribution in [1.29, 1.82) is 5.26 Å². The minimum Gasteiger partial charge on any atom is -0.304 e. The molecule has 7 heteroatoms.